The monoisotopic (exact) mass is 744 g/mol. The van der Waals surface area contributed by atoms with Gasteiger partial charge in [-0.1, -0.05) is 41.6 Å². The van der Waals surface area contributed by atoms with Crippen molar-refractivity contribution in [1.82, 2.24) is 19.9 Å². The zero-order chi connectivity index (χ0) is 33.4. The van der Waals surface area contributed by atoms with Gasteiger partial charge in [0.05, 0.1) is 6.26 Å². The van der Waals surface area contributed by atoms with Gasteiger partial charge in [0.15, 0.2) is 0 Å². The minimum absolute atomic E-state index is 0.273. The van der Waals surface area contributed by atoms with Crippen LogP contribution in [0.25, 0.3) is 0 Å². The second-order valence-electron chi connectivity index (χ2n) is 14.9. The molecule has 0 spiro atoms. The fourth-order valence-electron chi connectivity index (χ4n) is 7.38. The lowest BCUT2D eigenvalue weighted by Gasteiger charge is -2.40. The van der Waals surface area contributed by atoms with Crippen LogP contribution in [-0.4, -0.2) is 97.9 Å². The Morgan fingerprint density at radius 3 is 1.27 bits per heavy atom. The average molecular weight is 746 g/mol. The second kappa shape index (κ2) is 14.5. The third-order valence-electron chi connectivity index (χ3n) is 10.5. The van der Waals surface area contributed by atoms with Crippen LogP contribution >= 0.6 is 15.9 Å². The quantitative estimate of drug-likeness (QED) is 0.241. The molecule has 11 nitrogen and oxygen atoms in total. The first-order valence-electron chi connectivity index (χ1n) is 18.4. The number of hydrogen-bond donors (Lipinski definition) is 0. The summed E-state index contributed by atoms with van der Waals surface area (Å²) in [5.41, 5.74) is 2.39. The van der Waals surface area contributed by atoms with Crippen LogP contribution in [0.15, 0.2) is 0 Å². The summed E-state index contributed by atoms with van der Waals surface area (Å²) >= 11 is 3.69. The van der Waals surface area contributed by atoms with Crippen molar-refractivity contribution in [1.29, 1.82) is 0 Å². The molecule has 8 rings (SSSR count). The number of alkyl halides is 1. The molecule has 0 bridgehead atoms. The molecular formula is C35H53BrN8O3S. The van der Waals surface area contributed by atoms with Crippen LogP contribution < -0.4 is 19.6 Å². The highest BCUT2D eigenvalue weighted by atomic mass is 79.9. The molecule has 6 aliphatic rings. The summed E-state index contributed by atoms with van der Waals surface area (Å²) in [6, 6.07) is 0. The van der Waals surface area contributed by atoms with Crippen LogP contribution in [0, 0.1) is 13.8 Å². The maximum Gasteiger partial charge on any atom is 0.264 e. The molecule has 2 aromatic heterocycles. The van der Waals surface area contributed by atoms with Gasteiger partial charge in [0.1, 0.15) is 41.0 Å². The summed E-state index contributed by atoms with van der Waals surface area (Å²) in [6.45, 7) is 12.0. The van der Waals surface area contributed by atoms with E-state index in [0.717, 1.165) is 74.4 Å². The molecule has 0 unspecified atom stereocenters. The maximum absolute atomic E-state index is 11.3. The van der Waals surface area contributed by atoms with Crippen LogP contribution in [0.2, 0.25) is 0 Å². The van der Waals surface area contributed by atoms with Crippen molar-refractivity contribution >= 4 is 49.3 Å². The highest BCUT2D eigenvalue weighted by molar-refractivity contribution is 9.09. The molecule has 6 heterocycles. The fourth-order valence-corrected chi connectivity index (χ4v) is 8.70. The number of aromatic nitrogens is 4. The molecule has 2 saturated carbocycles. The van der Waals surface area contributed by atoms with Crippen LogP contribution in [-0.2, 0) is 14.3 Å². The van der Waals surface area contributed by atoms with E-state index < -0.39 is 10.1 Å². The third kappa shape index (κ3) is 8.20. The molecule has 6 fully saturated rings. The zero-order valence-electron chi connectivity index (χ0n) is 29.0. The lowest BCUT2D eigenvalue weighted by Crippen LogP contribution is -2.53. The van der Waals surface area contributed by atoms with Crippen molar-refractivity contribution < 1.29 is 12.6 Å². The van der Waals surface area contributed by atoms with Gasteiger partial charge < -0.3 is 19.6 Å². The molecule has 0 N–H and O–H groups in total. The molecule has 13 heteroatoms. The van der Waals surface area contributed by atoms with Gasteiger partial charge in [-0.2, -0.15) is 8.42 Å². The topological polar surface area (TPSA) is 108 Å². The Labute approximate surface area is 295 Å². The lowest BCUT2D eigenvalue weighted by molar-refractivity contribution is 0.176. The van der Waals surface area contributed by atoms with Crippen molar-refractivity contribution in [3.63, 3.8) is 0 Å². The second-order valence-corrected chi connectivity index (χ2v) is 17.8. The molecule has 0 radical (unpaired) electrons. The molecule has 4 saturated heterocycles. The van der Waals surface area contributed by atoms with E-state index >= 15 is 0 Å². The SMILES string of the molecule is Cc1c(N2CCCCCC2)nc(C2CC2)nc1N1CC(Br)C1.Cc1c(N2CCCCCC2)nc(C2CC2)nc1N1CC(OS(C)(=O)=O)C1. The molecule has 2 aromatic rings. The highest BCUT2D eigenvalue weighted by Gasteiger charge is 2.36. The van der Waals surface area contributed by atoms with E-state index in [4.69, 9.17) is 24.1 Å². The number of rotatable bonds is 8. The Bertz CT molecular complexity index is 1540. The smallest absolute Gasteiger partial charge is 0.264 e. The van der Waals surface area contributed by atoms with Gasteiger partial charge >= 0.3 is 0 Å². The van der Waals surface area contributed by atoms with Crippen molar-refractivity contribution in [2.24, 2.45) is 0 Å². The average Bonchev–Trinajstić information content (AvgIpc) is 3.89. The van der Waals surface area contributed by atoms with Gasteiger partial charge in [-0.05, 0) is 65.2 Å². The van der Waals surface area contributed by atoms with E-state index in [1.807, 2.05) is 0 Å². The summed E-state index contributed by atoms with van der Waals surface area (Å²) in [5.74, 6) is 7.59. The standard InChI is InChI=1S/C18H28N4O3S.C17H25BrN4/c1-13-17(21-9-5-3-4-6-10-21)19-16(14-7-8-14)20-18(13)22-11-15(12-22)25-26(2,23)24;1-12-16(21-8-4-2-3-5-9-21)19-15(13-6-7-13)20-17(12)22-10-14(18)11-22/h14-15H,3-12H2,1-2H3;13-14H,2-11H2,1H3. The van der Waals surface area contributed by atoms with Gasteiger partial charge in [0.2, 0.25) is 0 Å². The van der Waals surface area contributed by atoms with E-state index in [9.17, 15) is 8.42 Å². The summed E-state index contributed by atoms with van der Waals surface area (Å²) in [5, 5.41) is 0. The van der Waals surface area contributed by atoms with Crippen molar-refractivity contribution in [3.05, 3.63) is 22.8 Å². The first kappa shape index (κ1) is 34.2. The van der Waals surface area contributed by atoms with Gasteiger partial charge in [-0.25, -0.2) is 19.9 Å². The molecule has 0 aromatic carbocycles. The van der Waals surface area contributed by atoms with Crippen molar-refractivity contribution in [2.45, 2.75) is 114 Å². The minimum atomic E-state index is -3.41. The number of halogens is 1. The Hall–Kier alpha value is -2.25. The first-order chi connectivity index (χ1) is 23.1. The predicted molar refractivity (Wildman–Crippen MR) is 196 cm³/mol. The maximum atomic E-state index is 11.3. The zero-order valence-corrected chi connectivity index (χ0v) is 31.4. The normalized spacial score (nSPS) is 22.8. The molecule has 0 amide bonds. The van der Waals surface area contributed by atoms with E-state index in [2.05, 4.69) is 49.4 Å². The summed E-state index contributed by atoms with van der Waals surface area (Å²) in [4.78, 5) is 29.8. The Balaban J connectivity index is 0.000000154. The third-order valence-corrected chi connectivity index (χ3v) is 11.7. The van der Waals surface area contributed by atoms with E-state index in [1.165, 1.54) is 94.2 Å². The van der Waals surface area contributed by atoms with Crippen LogP contribution in [0.3, 0.4) is 0 Å². The van der Waals surface area contributed by atoms with Gasteiger partial charge in [0, 0.05) is 80.1 Å². The van der Waals surface area contributed by atoms with E-state index in [0.29, 0.717) is 29.8 Å². The van der Waals surface area contributed by atoms with Gasteiger partial charge in [-0.15, -0.1) is 0 Å². The summed E-state index contributed by atoms with van der Waals surface area (Å²) in [6.07, 6.45) is 16.0. The Morgan fingerprint density at radius 2 is 0.938 bits per heavy atom. The van der Waals surface area contributed by atoms with Crippen molar-refractivity contribution in [3.8, 4) is 0 Å². The van der Waals surface area contributed by atoms with Crippen molar-refractivity contribution in [2.75, 3.05) is 78.2 Å². The van der Waals surface area contributed by atoms with E-state index in [1.54, 1.807) is 0 Å². The molecular weight excluding hydrogens is 692 g/mol. The summed E-state index contributed by atoms with van der Waals surface area (Å²) < 4.78 is 27.7. The number of hydrogen-bond acceptors (Lipinski definition) is 11. The van der Waals surface area contributed by atoms with Crippen LogP contribution in [0.4, 0.5) is 23.3 Å². The Morgan fingerprint density at radius 1 is 0.583 bits per heavy atom. The fraction of sp³-hybridized carbons (Fsp3) is 0.771. The highest BCUT2D eigenvalue weighted by Crippen LogP contribution is 2.43. The first-order valence-corrected chi connectivity index (χ1v) is 21.2. The molecule has 2 aliphatic carbocycles. The van der Waals surface area contributed by atoms with Crippen LogP contribution in [0.1, 0.15) is 112 Å². The minimum Gasteiger partial charge on any atom is -0.356 e. The molecule has 48 heavy (non-hydrogen) atoms. The van der Waals surface area contributed by atoms with E-state index in [-0.39, 0.29) is 6.10 Å². The molecule has 0 atom stereocenters. The largest absolute Gasteiger partial charge is 0.356 e. The predicted octanol–water partition coefficient (Wildman–Crippen LogP) is 5.83. The van der Waals surface area contributed by atoms with Gasteiger partial charge in [-0.3, -0.25) is 4.18 Å². The molecule has 264 valence electrons. The van der Waals surface area contributed by atoms with Gasteiger partial charge in [0.25, 0.3) is 10.1 Å². The lowest BCUT2D eigenvalue weighted by atomic mass is 10.1. The van der Waals surface area contributed by atoms with Crippen LogP contribution in [0.5, 0.6) is 0 Å². The number of nitrogens with zero attached hydrogens (tertiary/aromatic N) is 8. The molecule has 4 aliphatic heterocycles. The number of anilines is 4. The Kier molecular flexibility index (Phi) is 10.4. The summed E-state index contributed by atoms with van der Waals surface area (Å²) in [7, 11) is -3.41.